The molecule has 0 aromatic heterocycles. The first-order valence-electron chi connectivity index (χ1n) is 10.4. The van der Waals surface area contributed by atoms with Crippen LogP contribution in [0.1, 0.15) is 79.0 Å². The van der Waals surface area contributed by atoms with Crippen molar-refractivity contribution in [3.05, 3.63) is 35.4 Å². The number of Topliss-reactive ketones (excluding diaryl/α,β-unsaturated/α-hetero) is 1. The summed E-state index contributed by atoms with van der Waals surface area (Å²) in [5, 5.41) is 9.63. The molecule has 0 saturated carbocycles. The minimum Gasteiger partial charge on any atom is -0.352 e. The summed E-state index contributed by atoms with van der Waals surface area (Å²) < 4.78 is 0. The van der Waals surface area contributed by atoms with Crippen LogP contribution in [-0.2, 0) is 0 Å². The Labute approximate surface area is 164 Å². The van der Waals surface area contributed by atoms with E-state index in [0.717, 1.165) is 32.5 Å². The molecule has 152 valence electrons. The molecule has 0 spiro atoms. The highest BCUT2D eigenvalue weighted by molar-refractivity contribution is 5.97. The van der Waals surface area contributed by atoms with Gasteiger partial charge >= 0.3 is 0 Å². The van der Waals surface area contributed by atoms with Crippen LogP contribution < -0.4 is 16.0 Å². The van der Waals surface area contributed by atoms with E-state index in [9.17, 15) is 9.59 Å². The number of ketones is 1. The van der Waals surface area contributed by atoms with Crippen molar-refractivity contribution in [3.63, 3.8) is 0 Å². The van der Waals surface area contributed by atoms with Gasteiger partial charge in [-0.3, -0.25) is 9.59 Å². The molecule has 0 aliphatic heterocycles. The normalized spacial score (nSPS) is 10.7. The summed E-state index contributed by atoms with van der Waals surface area (Å²) in [6.07, 6.45) is 9.69. The van der Waals surface area contributed by atoms with Crippen molar-refractivity contribution in [3.8, 4) is 0 Å². The van der Waals surface area contributed by atoms with E-state index < -0.39 is 0 Å². The van der Waals surface area contributed by atoms with Gasteiger partial charge in [-0.25, -0.2) is 0 Å². The van der Waals surface area contributed by atoms with Crippen molar-refractivity contribution in [2.45, 2.75) is 58.3 Å². The Morgan fingerprint density at radius 1 is 0.704 bits per heavy atom. The van der Waals surface area contributed by atoms with Gasteiger partial charge in [-0.05, 0) is 71.4 Å². The first-order valence-corrected chi connectivity index (χ1v) is 10.4. The second-order valence-corrected chi connectivity index (χ2v) is 7.07. The summed E-state index contributed by atoms with van der Waals surface area (Å²) >= 11 is 0. The zero-order valence-electron chi connectivity index (χ0n) is 17.1. The largest absolute Gasteiger partial charge is 0.352 e. The highest BCUT2D eigenvalue weighted by Crippen LogP contribution is 2.05. The SMILES string of the molecule is CNCCCCCCNCCCCCCNC(=O)c1ccc(C(C)=O)cc1. The molecule has 0 atom stereocenters. The fourth-order valence-electron chi connectivity index (χ4n) is 2.92. The van der Waals surface area contributed by atoms with Gasteiger partial charge in [-0.1, -0.05) is 37.8 Å². The Bertz CT molecular complexity index is 529. The minimum atomic E-state index is -0.0681. The highest BCUT2D eigenvalue weighted by Gasteiger charge is 2.05. The summed E-state index contributed by atoms with van der Waals surface area (Å²) in [5.41, 5.74) is 1.24. The molecule has 5 heteroatoms. The lowest BCUT2D eigenvalue weighted by Crippen LogP contribution is -2.24. The molecule has 0 heterocycles. The van der Waals surface area contributed by atoms with Gasteiger partial charge in [0.25, 0.3) is 5.91 Å². The zero-order chi connectivity index (χ0) is 19.7. The molecule has 1 aromatic carbocycles. The third kappa shape index (κ3) is 11.6. The third-order valence-electron chi connectivity index (χ3n) is 4.65. The number of carbonyl (C=O) groups excluding carboxylic acids is 2. The zero-order valence-corrected chi connectivity index (χ0v) is 17.1. The number of amides is 1. The van der Waals surface area contributed by atoms with Gasteiger partial charge < -0.3 is 16.0 Å². The molecule has 1 aromatic rings. The first kappa shape index (κ1) is 23.3. The molecule has 0 aliphatic rings. The average molecular weight is 376 g/mol. The number of unbranched alkanes of at least 4 members (excludes halogenated alkanes) is 6. The van der Waals surface area contributed by atoms with Gasteiger partial charge in [0.2, 0.25) is 0 Å². The van der Waals surface area contributed by atoms with Crippen molar-refractivity contribution in [2.24, 2.45) is 0 Å². The van der Waals surface area contributed by atoms with Gasteiger partial charge in [0, 0.05) is 17.7 Å². The van der Waals surface area contributed by atoms with Crippen LogP contribution in [0.3, 0.4) is 0 Å². The molecule has 5 nitrogen and oxygen atoms in total. The van der Waals surface area contributed by atoms with Crippen molar-refractivity contribution in [2.75, 3.05) is 33.2 Å². The second kappa shape index (κ2) is 15.3. The van der Waals surface area contributed by atoms with E-state index in [4.69, 9.17) is 0 Å². The predicted molar refractivity (Wildman–Crippen MR) is 113 cm³/mol. The van der Waals surface area contributed by atoms with Crippen LogP contribution in [0, 0.1) is 0 Å². The molecule has 0 unspecified atom stereocenters. The summed E-state index contributed by atoms with van der Waals surface area (Å²) in [7, 11) is 2.00. The fourth-order valence-corrected chi connectivity index (χ4v) is 2.92. The average Bonchev–Trinajstić information content (AvgIpc) is 2.68. The molecular formula is C22H37N3O2. The minimum absolute atomic E-state index is 0.0148. The number of hydrogen-bond donors (Lipinski definition) is 3. The van der Waals surface area contributed by atoms with Gasteiger partial charge in [0.15, 0.2) is 5.78 Å². The van der Waals surface area contributed by atoms with Crippen LogP contribution in [0.25, 0.3) is 0 Å². The predicted octanol–water partition coefficient (Wildman–Crippen LogP) is 3.55. The van der Waals surface area contributed by atoms with E-state index in [1.54, 1.807) is 24.3 Å². The highest BCUT2D eigenvalue weighted by atomic mass is 16.1. The Morgan fingerprint density at radius 3 is 1.70 bits per heavy atom. The van der Waals surface area contributed by atoms with Crippen molar-refractivity contribution in [1.29, 1.82) is 0 Å². The Kier molecular flexibility index (Phi) is 13.3. The lowest BCUT2D eigenvalue weighted by Gasteiger charge is -2.07. The smallest absolute Gasteiger partial charge is 0.251 e. The van der Waals surface area contributed by atoms with E-state index >= 15 is 0 Å². The van der Waals surface area contributed by atoms with E-state index in [0.29, 0.717) is 17.7 Å². The van der Waals surface area contributed by atoms with E-state index in [1.165, 1.54) is 45.4 Å². The topological polar surface area (TPSA) is 70.2 Å². The number of hydrogen-bond acceptors (Lipinski definition) is 4. The Morgan fingerprint density at radius 2 is 1.19 bits per heavy atom. The molecule has 0 saturated heterocycles. The number of carbonyl (C=O) groups is 2. The quantitative estimate of drug-likeness (QED) is 0.305. The van der Waals surface area contributed by atoms with Crippen LogP contribution in [0.2, 0.25) is 0 Å². The number of benzene rings is 1. The molecule has 1 amide bonds. The van der Waals surface area contributed by atoms with Crippen LogP contribution >= 0.6 is 0 Å². The van der Waals surface area contributed by atoms with Crippen LogP contribution in [-0.4, -0.2) is 44.9 Å². The molecule has 0 radical (unpaired) electrons. The maximum absolute atomic E-state index is 12.0. The van der Waals surface area contributed by atoms with Crippen LogP contribution in [0.4, 0.5) is 0 Å². The molecular weight excluding hydrogens is 338 g/mol. The second-order valence-electron chi connectivity index (χ2n) is 7.07. The fraction of sp³-hybridized carbons (Fsp3) is 0.636. The van der Waals surface area contributed by atoms with E-state index in [1.807, 2.05) is 7.05 Å². The van der Waals surface area contributed by atoms with Crippen molar-refractivity contribution in [1.82, 2.24) is 16.0 Å². The van der Waals surface area contributed by atoms with Crippen LogP contribution in [0.15, 0.2) is 24.3 Å². The van der Waals surface area contributed by atoms with Gasteiger partial charge in [-0.2, -0.15) is 0 Å². The number of nitrogens with one attached hydrogen (secondary N) is 3. The summed E-state index contributed by atoms with van der Waals surface area (Å²) in [6.45, 7) is 5.56. The van der Waals surface area contributed by atoms with Gasteiger partial charge in [0.05, 0.1) is 0 Å². The maximum Gasteiger partial charge on any atom is 0.251 e. The lowest BCUT2D eigenvalue weighted by atomic mass is 10.1. The Hall–Kier alpha value is -1.72. The van der Waals surface area contributed by atoms with Crippen LogP contribution in [0.5, 0.6) is 0 Å². The lowest BCUT2D eigenvalue weighted by molar-refractivity contribution is 0.0950. The molecule has 1 rings (SSSR count). The summed E-state index contributed by atoms with van der Waals surface area (Å²) in [6, 6.07) is 6.82. The molecule has 0 aliphatic carbocycles. The van der Waals surface area contributed by atoms with E-state index in [2.05, 4.69) is 16.0 Å². The van der Waals surface area contributed by atoms with Crippen molar-refractivity contribution < 1.29 is 9.59 Å². The standard InChI is InChI=1S/C22H37N3O2/c1-19(26)20-11-13-21(14-12-20)22(27)25-18-10-6-5-9-17-24-16-8-4-3-7-15-23-2/h11-14,23-24H,3-10,15-18H2,1-2H3,(H,25,27). The van der Waals surface area contributed by atoms with Gasteiger partial charge in [-0.15, -0.1) is 0 Å². The summed E-state index contributed by atoms with van der Waals surface area (Å²) in [4.78, 5) is 23.3. The van der Waals surface area contributed by atoms with E-state index in [-0.39, 0.29) is 11.7 Å². The summed E-state index contributed by atoms with van der Waals surface area (Å²) in [5.74, 6) is -0.0533. The molecule has 27 heavy (non-hydrogen) atoms. The Balaban J connectivity index is 1.92. The molecule has 3 N–H and O–H groups in total. The molecule has 0 fully saturated rings. The first-order chi connectivity index (χ1) is 13.1. The third-order valence-corrected chi connectivity index (χ3v) is 4.65. The number of rotatable bonds is 16. The van der Waals surface area contributed by atoms with Crippen molar-refractivity contribution >= 4 is 11.7 Å². The van der Waals surface area contributed by atoms with Gasteiger partial charge in [0.1, 0.15) is 0 Å². The maximum atomic E-state index is 12.0. The monoisotopic (exact) mass is 375 g/mol. The molecule has 0 bridgehead atoms.